The first kappa shape index (κ1) is 26.9. The predicted molar refractivity (Wildman–Crippen MR) is 98.0 cm³/mol. The first-order valence-electron chi connectivity index (χ1n) is 9.07. The molecule has 5 N–H and O–H groups in total. The summed E-state index contributed by atoms with van der Waals surface area (Å²) in [7, 11) is 0. The van der Waals surface area contributed by atoms with Crippen LogP contribution in [0.15, 0.2) is 12.2 Å². The van der Waals surface area contributed by atoms with Crippen molar-refractivity contribution in [3.8, 4) is 0 Å². The number of aliphatic hydroxyl groups is 1. The van der Waals surface area contributed by atoms with Crippen LogP contribution in [0.1, 0.15) is 40.5 Å². The summed E-state index contributed by atoms with van der Waals surface area (Å²) in [6, 6.07) is -1.46. The number of nitrogens with one attached hydrogen (secondary N) is 2. The Morgan fingerprint density at radius 2 is 1.76 bits per heavy atom. The Bertz CT molecular complexity index is 595. The molecule has 1 amide bonds. The standard InChI is InChI=1S/C16H28N2O4.C2HF3O2/c1-5-6-11-8-12(16(21)22)18-14(11)15(17-10(4)19)13(20)7-9(2)3;3-2(4,5)1(6)7/h5-6,9,11-15,18,20H,7-8H2,1-4H3,(H,17,19)(H,21,22);(H,6,7)/b6-5-;/t11-,12-,13-,14-,15+;/m1./s1. The van der Waals surface area contributed by atoms with Crippen molar-refractivity contribution in [2.24, 2.45) is 11.8 Å². The van der Waals surface area contributed by atoms with Crippen LogP contribution in [0.3, 0.4) is 0 Å². The average Bonchev–Trinajstić information content (AvgIpc) is 2.95. The summed E-state index contributed by atoms with van der Waals surface area (Å²) >= 11 is 0. The van der Waals surface area contributed by atoms with Crippen LogP contribution in [0.2, 0.25) is 0 Å². The van der Waals surface area contributed by atoms with Crippen molar-refractivity contribution >= 4 is 17.8 Å². The average molecular weight is 426 g/mol. The van der Waals surface area contributed by atoms with E-state index in [1.54, 1.807) is 0 Å². The van der Waals surface area contributed by atoms with Crippen LogP contribution in [0.25, 0.3) is 0 Å². The minimum absolute atomic E-state index is 0.0373. The van der Waals surface area contributed by atoms with E-state index < -0.39 is 36.3 Å². The van der Waals surface area contributed by atoms with Crippen LogP contribution in [0, 0.1) is 11.8 Å². The number of hydrogen-bond donors (Lipinski definition) is 5. The molecule has 0 radical (unpaired) electrons. The first-order chi connectivity index (χ1) is 13.2. The monoisotopic (exact) mass is 426 g/mol. The molecular formula is C18H29F3N2O6. The van der Waals surface area contributed by atoms with E-state index in [0.29, 0.717) is 12.8 Å². The second kappa shape index (κ2) is 11.8. The molecule has 0 aliphatic carbocycles. The molecule has 0 aromatic rings. The van der Waals surface area contributed by atoms with E-state index in [9.17, 15) is 33.0 Å². The third kappa shape index (κ3) is 9.75. The third-order valence-electron chi connectivity index (χ3n) is 4.23. The number of hydrogen-bond acceptors (Lipinski definition) is 5. The Labute approximate surface area is 167 Å². The number of aliphatic hydroxyl groups excluding tert-OH is 1. The largest absolute Gasteiger partial charge is 0.490 e. The summed E-state index contributed by atoms with van der Waals surface area (Å²) in [5.41, 5.74) is 0. The van der Waals surface area contributed by atoms with Crippen LogP contribution in [-0.4, -0.2) is 63.6 Å². The fraction of sp³-hybridized carbons (Fsp3) is 0.722. The molecule has 1 saturated heterocycles. The summed E-state index contributed by atoms with van der Waals surface area (Å²) in [5, 5.41) is 32.7. The summed E-state index contributed by atoms with van der Waals surface area (Å²) in [5.74, 6) is -3.65. The lowest BCUT2D eigenvalue weighted by molar-refractivity contribution is -0.192. The summed E-state index contributed by atoms with van der Waals surface area (Å²) in [6.07, 6.45) is -0.986. The van der Waals surface area contributed by atoms with Crippen LogP contribution >= 0.6 is 0 Å². The highest BCUT2D eigenvalue weighted by molar-refractivity contribution is 5.75. The van der Waals surface area contributed by atoms with Crippen LogP contribution in [-0.2, 0) is 14.4 Å². The molecule has 29 heavy (non-hydrogen) atoms. The molecule has 5 atom stereocenters. The normalized spacial score (nSPS) is 24.0. The van der Waals surface area contributed by atoms with Gasteiger partial charge < -0.3 is 20.6 Å². The first-order valence-corrected chi connectivity index (χ1v) is 9.07. The van der Waals surface area contributed by atoms with E-state index in [-0.39, 0.29) is 23.8 Å². The molecule has 1 heterocycles. The highest BCUT2D eigenvalue weighted by Crippen LogP contribution is 2.27. The number of allylic oxidation sites excluding steroid dienone is 1. The Balaban J connectivity index is 0.000000956. The zero-order valence-electron chi connectivity index (χ0n) is 16.7. The molecule has 1 aliphatic rings. The van der Waals surface area contributed by atoms with Gasteiger partial charge in [-0.3, -0.25) is 14.9 Å². The van der Waals surface area contributed by atoms with Gasteiger partial charge in [0.15, 0.2) is 0 Å². The quantitative estimate of drug-likeness (QED) is 0.390. The molecule has 11 heteroatoms. The van der Waals surface area contributed by atoms with Crippen molar-refractivity contribution < 1.29 is 42.9 Å². The second-order valence-electron chi connectivity index (χ2n) is 7.23. The summed E-state index contributed by atoms with van der Waals surface area (Å²) in [6.45, 7) is 7.28. The van der Waals surface area contributed by atoms with Gasteiger partial charge in [0.2, 0.25) is 5.91 Å². The molecule has 1 aliphatic heterocycles. The number of halogens is 3. The van der Waals surface area contributed by atoms with Crippen molar-refractivity contribution in [2.45, 2.75) is 70.9 Å². The maximum absolute atomic E-state index is 11.5. The van der Waals surface area contributed by atoms with Gasteiger partial charge in [0.05, 0.1) is 12.1 Å². The number of alkyl halides is 3. The van der Waals surface area contributed by atoms with E-state index in [1.165, 1.54) is 6.92 Å². The fourth-order valence-corrected chi connectivity index (χ4v) is 3.12. The van der Waals surface area contributed by atoms with E-state index in [0.717, 1.165) is 0 Å². The highest BCUT2D eigenvalue weighted by atomic mass is 19.4. The minimum Gasteiger partial charge on any atom is -0.480 e. The van der Waals surface area contributed by atoms with Gasteiger partial charge >= 0.3 is 18.1 Å². The fourth-order valence-electron chi connectivity index (χ4n) is 3.12. The van der Waals surface area contributed by atoms with Gasteiger partial charge in [-0.05, 0) is 31.6 Å². The van der Waals surface area contributed by atoms with Crippen LogP contribution in [0.4, 0.5) is 13.2 Å². The van der Waals surface area contributed by atoms with Gasteiger partial charge in [-0.25, -0.2) is 4.79 Å². The topological polar surface area (TPSA) is 136 Å². The number of amides is 1. The van der Waals surface area contributed by atoms with Crippen molar-refractivity contribution in [3.63, 3.8) is 0 Å². The summed E-state index contributed by atoms with van der Waals surface area (Å²) in [4.78, 5) is 31.6. The molecule has 168 valence electrons. The highest BCUT2D eigenvalue weighted by Gasteiger charge is 2.42. The molecular weight excluding hydrogens is 397 g/mol. The Kier molecular flexibility index (Phi) is 10.9. The molecule has 0 unspecified atom stereocenters. The van der Waals surface area contributed by atoms with E-state index in [2.05, 4.69) is 10.6 Å². The molecule has 0 spiro atoms. The van der Waals surface area contributed by atoms with E-state index in [1.807, 2.05) is 32.9 Å². The van der Waals surface area contributed by atoms with Crippen molar-refractivity contribution in [2.75, 3.05) is 0 Å². The Morgan fingerprint density at radius 3 is 2.10 bits per heavy atom. The number of rotatable bonds is 7. The van der Waals surface area contributed by atoms with Gasteiger partial charge in [0, 0.05) is 13.0 Å². The molecule has 0 aromatic heterocycles. The molecule has 1 fully saturated rings. The number of aliphatic carboxylic acids is 2. The Hall–Kier alpha value is -2.14. The maximum atomic E-state index is 11.5. The number of carbonyl (C=O) groups is 3. The van der Waals surface area contributed by atoms with Gasteiger partial charge in [0.1, 0.15) is 6.04 Å². The second-order valence-corrected chi connectivity index (χ2v) is 7.23. The van der Waals surface area contributed by atoms with Crippen molar-refractivity contribution in [1.82, 2.24) is 10.6 Å². The molecule has 8 nitrogen and oxygen atoms in total. The lowest BCUT2D eigenvalue weighted by atomic mass is 9.87. The minimum atomic E-state index is -5.08. The number of carboxylic acid groups (broad SMARTS) is 2. The van der Waals surface area contributed by atoms with Crippen molar-refractivity contribution in [1.29, 1.82) is 0 Å². The molecule has 1 rings (SSSR count). The number of carbonyl (C=O) groups excluding carboxylic acids is 1. The van der Waals surface area contributed by atoms with E-state index in [4.69, 9.17) is 9.90 Å². The molecule has 0 saturated carbocycles. The third-order valence-corrected chi connectivity index (χ3v) is 4.23. The van der Waals surface area contributed by atoms with Gasteiger partial charge in [0.25, 0.3) is 0 Å². The van der Waals surface area contributed by atoms with Gasteiger partial charge in [-0.2, -0.15) is 13.2 Å². The van der Waals surface area contributed by atoms with E-state index >= 15 is 0 Å². The van der Waals surface area contributed by atoms with Gasteiger partial charge in [-0.1, -0.05) is 26.0 Å². The van der Waals surface area contributed by atoms with Crippen molar-refractivity contribution in [3.05, 3.63) is 12.2 Å². The SMILES string of the molecule is C/C=C\[C@@H]1C[C@H](C(=O)O)N[C@H]1[C@@H](NC(C)=O)[C@H](O)CC(C)C.O=C(O)C(F)(F)F. The maximum Gasteiger partial charge on any atom is 0.490 e. The van der Waals surface area contributed by atoms with Gasteiger partial charge in [-0.15, -0.1) is 0 Å². The lowest BCUT2D eigenvalue weighted by Crippen LogP contribution is -2.57. The zero-order valence-corrected chi connectivity index (χ0v) is 16.7. The summed E-state index contributed by atoms with van der Waals surface area (Å²) < 4.78 is 31.7. The Morgan fingerprint density at radius 1 is 1.24 bits per heavy atom. The van der Waals surface area contributed by atoms with Crippen LogP contribution < -0.4 is 10.6 Å². The molecule has 0 aromatic carbocycles. The predicted octanol–water partition coefficient (Wildman–Crippen LogP) is 1.54. The van der Waals surface area contributed by atoms with Crippen LogP contribution in [0.5, 0.6) is 0 Å². The zero-order chi connectivity index (χ0) is 22.9. The molecule has 0 bridgehead atoms. The smallest absolute Gasteiger partial charge is 0.480 e. The lowest BCUT2D eigenvalue weighted by Gasteiger charge is -2.32. The number of carboxylic acids is 2.